The Morgan fingerprint density at radius 1 is 1.37 bits per heavy atom. The van der Waals surface area contributed by atoms with Crippen LogP contribution in [0.2, 0.25) is 5.02 Å². The molecule has 1 aliphatic heterocycles. The number of ketones is 1. The van der Waals surface area contributed by atoms with E-state index in [0.29, 0.717) is 41.6 Å². The quantitative estimate of drug-likeness (QED) is 0.746. The van der Waals surface area contributed by atoms with E-state index in [4.69, 9.17) is 11.6 Å². The minimum Gasteiger partial charge on any atom is -0.340 e. The number of rotatable bonds is 5. The molecular formula is C22H28ClFN4O2. The number of aromatic nitrogens is 2. The molecule has 6 nitrogen and oxygen atoms in total. The van der Waals surface area contributed by atoms with E-state index in [-0.39, 0.29) is 11.5 Å². The third-order valence-electron chi connectivity index (χ3n) is 5.30. The van der Waals surface area contributed by atoms with Crippen molar-refractivity contribution >= 4 is 23.3 Å². The monoisotopic (exact) mass is 434 g/mol. The van der Waals surface area contributed by atoms with Gasteiger partial charge in [0, 0.05) is 24.5 Å². The van der Waals surface area contributed by atoms with Gasteiger partial charge in [0.2, 0.25) is 0 Å². The lowest BCUT2D eigenvalue weighted by Crippen LogP contribution is -2.49. The third-order valence-corrected chi connectivity index (χ3v) is 5.53. The molecule has 1 aromatic carbocycles. The smallest absolute Gasteiger partial charge is 0.272 e. The first-order valence-electron chi connectivity index (χ1n) is 10.2. The molecule has 2 aromatic rings. The van der Waals surface area contributed by atoms with Gasteiger partial charge in [0.25, 0.3) is 5.91 Å². The van der Waals surface area contributed by atoms with Gasteiger partial charge in [-0.05, 0) is 36.6 Å². The van der Waals surface area contributed by atoms with Gasteiger partial charge in [0.1, 0.15) is 11.6 Å². The van der Waals surface area contributed by atoms with Gasteiger partial charge in [0.15, 0.2) is 11.5 Å². The SMILES string of the molecule is CCC(=O)[C@@H](NC(=O)c1nc(-c2ccc(Cl)cc2F)n2c1CNCCC2)C(C)(C)C. The molecule has 1 atom stereocenters. The van der Waals surface area contributed by atoms with Crippen molar-refractivity contribution in [3.05, 3.63) is 40.4 Å². The second-order valence-corrected chi connectivity index (χ2v) is 9.07. The summed E-state index contributed by atoms with van der Waals surface area (Å²) in [4.78, 5) is 30.2. The summed E-state index contributed by atoms with van der Waals surface area (Å²) in [6.45, 7) is 9.34. The molecule has 0 aliphatic carbocycles. The normalized spacial score (nSPS) is 15.3. The van der Waals surface area contributed by atoms with Gasteiger partial charge in [-0.3, -0.25) is 9.59 Å². The predicted octanol–water partition coefficient (Wildman–Crippen LogP) is 3.96. The van der Waals surface area contributed by atoms with Gasteiger partial charge < -0.3 is 15.2 Å². The Morgan fingerprint density at radius 2 is 2.10 bits per heavy atom. The Morgan fingerprint density at radius 3 is 2.73 bits per heavy atom. The van der Waals surface area contributed by atoms with E-state index >= 15 is 0 Å². The number of nitrogens with one attached hydrogen (secondary N) is 2. The standard InChI is InChI=1S/C22H28ClFN4O2/c1-5-17(29)19(22(2,3)4)27-21(30)18-16-12-25-9-6-10-28(16)20(26-18)14-8-7-13(23)11-15(14)24/h7-8,11,19,25H,5-6,9-10,12H2,1-4H3,(H,27,30)/t19-/m1/s1. The highest BCUT2D eigenvalue weighted by Crippen LogP contribution is 2.29. The minimum absolute atomic E-state index is 0.0387. The summed E-state index contributed by atoms with van der Waals surface area (Å²) in [6.07, 6.45) is 1.15. The number of Topliss-reactive ketones (excluding diaryl/α,β-unsaturated/α-hetero) is 1. The number of hydrogen-bond acceptors (Lipinski definition) is 4. The van der Waals surface area contributed by atoms with Crippen LogP contribution in [0.1, 0.15) is 56.7 Å². The van der Waals surface area contributed by atoms with Gasteiger partial charge in [-0.1, -0.05) is 39.3 Å². The summed E-state index contributed by atoms with van der Waals surface area (Å²) >= 11 is 5.90. The lowest BCUT2D eigenvalue weighted by Gasteiger charge is -2.30. The maximum absolute atomic E-state index is 14.6. The zero-order chi connectivity index (χ0) is 22.1. The van der Waals surface area contributed by atoms with Crippen molar-refractivity contribution in [2.45, 2.75) is 59.7 Å². The largest absolute Gasteiger partial charge is 0.340 e. The van der Waals surface area contributed by atoms with Gasteiger partial charge in [-0.25, -0.2) is 9.37 Å². The highest BCUT2D eigenvalue weighted by Gasteiger charge is 2.34. The molecule has 0 fully saturated rings. The number of carbonyl (C=O) groups is 2. The van der Waals surface area contributed by atoms with Gasteiger partial charge in [-0.15, -0.1) is 0 Å². The fourth-order valence-corrected chi connectivity index (χ4v) is 3.88. The van der Waals surface area contributed by atoms with Crippen LogP contribution >= 0.6 is 11.6 Å². The van der Waals surface area contributed by atoms with E-state index in [1.807, 2.05) is 25.3 Å². The lowest BCUT2D eigenvalue weighted by atomic mass is 9.83. The van der Waals surface area contributed by atoms with Gasteiger partial charge >= 0.3 is 0 Å². The van der Waals surface area contributed by atoms with Crippen molar-refractivity contribution in [3.8, 4) is 11.4 Å². The van der Waals surface area contributed by atoms with Crippen LogP contribution in [0.25, 0.3) is 11.4 Å². The van der Waals surface area contributed by atoms with E-state index in [0.717, 1.165) is 13.0 Å². The Bertz CT molecular complexity index is 965. The molecule has 30 heavy (non-hydrogen) atoms. The number of carbonyl (C=O) groups excluding carboxylic acids is 2. The number of amides is 1. The first-order chi connectivity index (χ1) is 14.1. The maximum atomic E-state index is 14.6. The summed E-state index contributed by atoms with van der Waals surface area (Å²) in [6, 6.07) is 3.78. The molecule has 3 rings (SSSR count). The predicted molar refractivity (Wildman–Crippen MR) is 115 cm³/mol. The molecular weight excluding hydrogens is 407 g/mol. The number of nitrogens with zero attached hydrogens (tertiary/aromatic N) is 2. The highest BCUT2D eigenvalue weighted by atomic mass is 35.5. The summed E-state index contributed by atoms with van der Waals surface area (Å²) in [5.41, 5.74) is 0.750. The molecule has 2 heterocycles. The number of fused-ring (bicyclic) bond motifs is 1. The van der Waals surface area contributed by atoms with Crippen LogP contribution in [0.5, 0.6) is 0 Å². The van der Waals surface area contributed by atoms with Crippen LogP contribution in [0.4, 0.5) is 4.39 Å². The number of benzene rings is 1. The summed E-state index contributed by atoms with van der Waals surface area (Å²) < 4.78 is 16.5. The van der Waals surface area contributed by atoms with E-state index in [2.05, 4.69) is 15.6 Å². The molecule has 0 radical (unpaired) electrons. The second-order valence-electron chi connectivity index (χ2n) is 8.63. The summed E-state index contributed by atoms with van der Waals surface area (Å²) in [7, 11) is 0. The molecule has 162 valence electrons. The molecule has 0 bridgehead atoms. The first kappa shape index (κ1) is 22.4. The Balaban J connectivity index is 2.05. The van der Waals surface area contributed by atoms with Crippen molar-refractivity contribution in [2.24, 2.45) is 5.41 Å². The summed E-state index contributed by atoms with van der Waals surface area (Å²) in [5.74, 6) is -0.566. The molecule has 2 N–H and O–H groups in total. The number of imidazole rings is 1. The van der Waals surface area contributed by atoms with Crippen molar-refractivity contribution in [1.29, 1.82) is 0 Å². The Hall–Kier alpha value is -2.25. The van der Waals surface area contributed by atoms with Crippen LogP contribution in [0.3, 0.4) is 0 Å². The van der Waals surface area contributed by atoms with Gasteiger partial charge in [0.05, 0.1) is 17.3 Å². The van der Waals surface area contributed by atoms with Gasteiger partial charge in [-0.2, -0.15) is 0 Å². The molecule has 0 saturated heterocycles. The topological polar surface area (TPSA) is 76.0 Å². The number of hydrogen-bond donors (Lipinski definition) is 2. The lowest BCUT2D eigenvalue weighted by molar-refractivity contribution is -0.122. The van der Waals surface area contributed by atoms with Crippen LogP contribution in [0, 0.1) is 11.2 Å². The second kappa shape index (κ2) is 8.86. The fraction of sp³-hybridized carbons (Fsp3) is 0.500. The van der Waals surface area contributed by atoms with Crippen molar-refractivity contribution in [3.63, 3.8) is 0 Å². The molecule has 0 unspecified atom stereocenters. The summed E-state index contributed by atoms with van der Waals surface area (Å²) in [5, 5.41) is 6.45. The van der Waals surface area contributed by atoms with Crippen LogP contribution in [-0.2, 0) is 17.9 Å². The van der Waals surface area contributed by atoms with Crippen molar-refractivity contribution in [2.75, 3.05) is 6.54 Å². The zero-order valence-corrected chi connectivity index (χ0v) is 18.6. The minimum atomic E-state index is -0.637. The van der Waals surface area contributed by atoms with Crippen LogP contribution in [-0.4, -0.2) is 33.8 Å². The molecule has 0 saturated carbocycles. The maximum Gasteiger partial charge on any atom is 0.272 e. The van der Waals surface area contributed by atoms with Crippen molar-refractivity contribution < 1.29 is 14.0 Å². The Kier molecular flexibility index (Phi) is 6.62. The molecule has 8 heteroatoms. The van der Waals surface area contributed by atoms with Crippen molar-refractivity contribution in [1.82, 2.24) is 20.2 Å². The fourth-order valence-electron chi connectivity index (χ4n) is 3.72. The zero-order valence-electron chi connectivity index (χ0n) is 17.8. The average molecular weight is 435 g/mol. The average Bonchev–Trinajstić information content (AvgIpc) is 2.85. The van der Waals surface area contributed by atoms with Crippen LogP contribution < -0.4 is 10.6 Å². The van der Waals surface area contributed by atoms with E-state index in [9.17, 15) is 14.0 Å². The van der Waals surface area contributed by atoms with Crippen LogP contribution in [0.15, 0.2) is 18.2 Å². The number of halogens is 2. The molecule has 1 aliphatic rings. The first-order valence-corrected chi connectivity index (χ1v) is 10.6. The Labute approximate surface area is 181 Å². The van der Waals surface area contributed by atoms with E-state index in [1.165, 1.54) is 6.07 Å². The third kappa shape index (κ3) is 4.57. The highest BCUT2D eigenvalue weighted by molar-refractivity contribution is 6.30. The molecule has 0 spiro atoms. The molecule has 1 aromatic heterocycles. The van der Waals surface area contributed by atoms with E-state index < -0.39 is 23.2 Å². The van der Waals surface area contributed by atoms with E-state index in [1.54, 1.807) is 19.1 Å². The molecule has 1 amide bonds.